The monoisotopic (exact) mass is 367 g/mol. The molecule has 0 radical (unpaired) electrons. The number of piperidine rings is 1. The molecule has 142 valence electrons. The highest BCUT2D eigenvalue weighted by Gasteiger charge is 2.27. The van der Waals surface area contributed by atoms with Gasteiger partial charge in [-0.25, -0.2) is 9.78 Å². The number of aromatic nitrogens is 5. The van der Waals surface area contributed by atoms with E-state index < -0.39 is 0 Å². The molecule has 1 unspecified atom stereocenters. The minimum atomic E-state index is -0.0111. The standard InChI is InChI=1S/C19H25N7O/c1-14-15(2)25(13-21-14)11-8-20-19(27)24-9-5-6-16(12-24)18-23-22-17-7-3-4-10-26(17)18/h3-4,7,10,13,16H,5-6,8-9,11-12H2,1-2H3,(H,20,27). The molecule has 3 aromatic heterocycles. The first-order valence-corrected chi connectivity index (χ1v) is 9.44. The van der Waals surface area contributed by atoms with Gasteiger partial charge in [-0.3, -0.25) is 4.40 Å². The highest BCUT2D eigenvalue weighted by atomic mass is 16.2. The first kappa shape index (κ1) is 17.5. The number of imidazole rings is 1. The number of hydrogen-bond donors (Lipinski definition) is 1. The van der Waals surface area contributed by atoms with Gasteiger partial charge in [0, 0.05) is 44.0 Å². The Balaban J connectivity index is 1.36. The SMILES string of the molecule is Cc1ncn(CCNC(=O)N2CCCC(c3nnc4ccccn34)C2)c1C. The van der Waals surface area contributed by atoms with Crippen LogP contribution in [0.2, 0.25) is 0 Å². The Morgan fingerprint density at radius 3 is 3.00 bits per heavy atom. The zero-order chi connectivity index (χ0) is 18.8. The molecule has 8 nitrogen and oxygen atoms in total. The number of fused-ring (bicyclic) bond motifs is 1. The van der Waals surface area contributed by atoms with Gasteiger partial charge in [0.1, 0.15) is 5.82 Å². The van der Waals surface area contributed by atoms with Crippen LogP contribution in [0.15, 0.2) is 30.7 Å². The average Bonchev–Trinajstić information content (AvgIpc) is 3.26. The van der Waals surface area contributed by atoms with Gasteiger partial charge in [0.05, 0.1) is 12.0 Å². The van der Waals surface area contributed by atoms with E-state index in [0.717, 1.165) is 48.8 Å². The Morgan fingerprint density at radius 1 is 1.30 bits per heavy atom. The van der Waals surface area contributed by atoms with Crippen LogP contribution < -0.4 is 5.32 Å². The number of aryl methyl sites for hydroxylation is 1. The molecule has 1 fully saturated rings. The predicted octanol–water partition coefficient (Wildman–Crippen LogP) is 2.13. The van der Waals surface area contributed by atoms with Crippen LogP contribution in [0.3, 0.4) is 0 Å². The molecule has 4 rings (SSSR count). The zero-order valence-corrected chi connectivity index (χ0v) is 15.8. The van der Waals surface area contributed by atoms with E-state index in [1.807, 2.05) is 53.9 Å². The molecule has 1 N–H and O–H groups in total. The third-order valence-electron chi connectivity index (χ3n) is 5.39. The molecular formula is C19H25N7O. The molecule has 0 spiro atoms. The van der Waals surface area contributed by atoms with Crippen molar-refractivity contribution in [2.24, 2.45) is 0 Å². The van der Waals surface area contributed by atoms with Gasteiger partial charge in [0.2, 0.25) is 0 Å². The lowest BCUT2D eigenvalue weighted by atomic mass is 9.97. The molecule has 0 bridgehead atoms. The highest BCUT2D eigenvalue weighted by Crippen LogP contribution is 2.26. The second-order valence-electron chi connectivity index (χ2n) is 7.11. The fraction of sp³-hybridized carbons (Fsp3) is 0.474. The molecule has 27 heavy (non-hydrogen) atoms. The van der Waals surface area contributed by atoms with E-state index in [9.17, 15) is 4.79 Å². The smallest absolute Gasteiger partial charge is 0.317 e. The largest absolute Gasteiger partial charge is 0.336 e. The number of hydrogen-bond acceptors (Lipinski definition) is 4. The predicted molar refractivity (Wildman–Crippen MR) is 102 cm³/mol. The van der Waals surface area contributed by atoms with Gasteiger partial charge in [0.25, 0.3) is 0 Å². The number of carbonyl (C=O) groups excluding carboxylic acids is 1. The Labute approximate surface area is 158 Å². The number of amides is 2. The summed E-state index contributed by atoms with van der Waals surface area (Å²) in [6, 6.07) is 5.87. The van der Waals surface area contributed by atoms with Gasteiger partial charge >= 0.3 is 6.03 Å². The number of pyridine rings is 1. The van der Waals surface area contributed by atoms with Crippen molar-refractivity contribution >= 4 is 11.7 Å². The topological polar surface area (TPSA) is 80.3 Å². The van der Waals surface area contributed by atoms with Gasteiger partial charge in [-0.2, -0.15) is 0 Å². The van der Waals surface area contributed by atoms with E-state index in [2.05, 4.69) is 25.1 Å². The average molecular weight is 367 g/mol. The lowest BCUT2D eigenvalue weighted by Crippen LogP contribution is -2.46. The van der Waals surface area contributed by atoms with E-state index in [1.165, 1.54) is 0 Å². The summed E-state index contributed by atoms with van der Waals surface area (Å²) in [6.45, 7) is 6.80. The lowest BCUT2D eigenvalue weighted by molar-refractivity contribution is 0.178. The molecular weight excluding hydrogens is 342 g/mol. The summed E-state index contributed by atoms with van der Waals surface area (Å²) in [4.78, 5) is 18.8. The number of nitrogens with one attached hydrogen (secondary N) is 1. The van der Waals surface area contributed by atoms with E-state index in [4.69, 9.17) is 0 Å². The van der Waals surface area contributed by atoms with Gasteiger partial charge in [-0.15, -0.1) is 10.2 Å². The minimum absolute atomic E-state index is 0.0111. The summed E-state index contributed by atoms with van der Waals surface area (Å²) in [5, 5.41) is 11.6. The molecule has 1 aliphatic rings. The van der Waals surface area contributed by atoms with Crippen LogP contribution in [-0.2, 0) is 6.54 Å². The van der Waals surface area contributed by atoms with Crippen LogP contribution in [0, 0.1) is 13.8 Å². The van der Waals surface area contributed by atoms with Crippen molar-refractivity contribution in [2.75, 3.05) is 19.6 Å². The van der Waals surface area contributed by atoms with Gasteiger partial charge in [0.15, 0.2) is 5.65 Å². The molecule has 1 saturated heterocycles. The van der Waals surface area contributed by atoms with E-state index in [1.54, 1.807) is 0 Å². The molecule has 0 saturated carbocycles. The first-order chi connectivity index (χ1) is 13.1. The molecule has 0 aliphatic carbocycles. The molecule has 8 heteroatoms. The van der Waals surface area contributed by atoms with Crippen LogP contribution in [0.5, 0.6) is 0 Å². The van der Waals surface area contributed by atoms with Crippen molar-refractivity contribution in [1.82, 2.24) is 34.4 Å². The van der Waals surface area contributed by atoms with Crippen molar-refractivity contribution in [3.63, 3.8) is 0 Å². The minimum Gasteiger partial charge on any atom is -0.336 e. The normalized spacial score (nSPS) is 17.4. The van der Waals surface area contributed by atoms with Crippen molar-refractivity contribution in [2.45, 2.75) is 39.2 Å². The zero-order valence-electron chi connectivity index (χ0n) is 15.8. The summed E-state index contributed by atoms with van der Waals surface area (Å²) >= 11 is 0. The Bertz CT molecular complexity index is 945. The van der Waals surface area contributed by atoms with Gasteiger partial charge < -0.3 is 14.8 Å². The molecule has 3 aromatic rings. The Morgan fingerprint density at radius 2 is 2.19 bits per heavy atom. The fourth-order valence-electron chi connectivity index (χ4n) is 3.68. The van der Waals surface area contributed by atoms with Crippen LogP contribution in [0.1, 0.15) is 36.0 Å². The lowest BCUT2D eigenvalue weighted by Gasteiger charge is -2.32. The number of likely N-dealkylation sites (tertiary alicyclic amines) is 1. The van der Waals surface area contributed by atoms with E-state index in [-0.39, 0.29) is 11.9 Å². The molecule has 1 atom stereocenters. The summed E-state index contributed by atoms with van der Waals surface area (Å²) in [5.41, 5.74) is 3.02. The quantitative estimate of drug-likeness (QED) is 0.766. The maximum absolute atomic E-state index is 12.6. The van der Waals surface area contributed by atoms with Gasteiger partial charge in [-0.1, -0.05) is 6.07 Å². The molecule has 2 amide bonds. The Hall–Kier alpha value is -2.90. The van der Waals surface area contributed by atoms with Crippen LogP contribution >= 0.6 is 0 Å². The first-order valence-electron chi connectivity index (χ1n) is 9.44. The number of urea groups is 1. The maximum atomic E-state index is 12.6. The third kappa shape index (κ3) is 3.51. The molecule has 1 aliphatic heterocycles. The third-order valence-corrected chi connectivity index (χ3v) is 5.39. The highest BCUT2D eigenvalue weighted by molar-refractivity contribution is 5.74. The maximum Gasteiger partial charge on any atom is 0.317 e. The summed E-state index contributed by atoms with van der Waals surface area (Å²) < 4.78 is 4.09. The molecule has 0 aromatic carbocycles. The fourth-order valence-corrected chi connectivity index (χ4v) is 3.68. The van der Waals surface area contributed by atoms with Crippen molar-refractivity contribution in [3.05, 3.63) is 47.9 Å². The van der Waals surface area contributed by atoms with E-state index in [0.29, 0.717) is 13.1 Å². The summed E-state index contributed by atoms with van der Waals surface area (Å²) in [6.07, 6.45) is 5.80. The van der Waals surface area contributed by atoms with Crippen molar-refractivity contribution < 1.29 is 4.79 Å². The second kappa shape index (κ2) is 7.38. The van der Waals surface area contributed by atoms with E-state index >= 15 is 0 Å². The van der Waals surface area contributed by atoms with Crippen molar-refractivity contribution in [3.8, 4) is 0 Å². The number of nitrogens with zero attached hydrogens (tertiary/aromatic N) is 6. The van der Waals surface area contributed by atoms with Crippen LogP contribution in [0.4, 0.5) is 4.79 Å². The number of carbonyl (C=O) groups is 1. The van der Waals surface area contributed by atoms with Crippen molar-refractivity contribution in [1.29, 1.82) is 0 Å². The van der Waals surface area contributed by atoms with Crippen LogP contribution in [0.25, 0.3) is 5.65 Å². The summed E-state index contributed by atoms with van der Waals surface area (Å²) in [5.74, 6) is 1.15. The second-order valence-corrected chi connectivity index (χ2v) is 7.11. The summed E-state index contributed by atoms with van der Waals surface area (Å²) in [7, 11) is 0. The Kier molecular flexibility index (Phi) is 4.79. The number of rotatable bonds is 4. The molecule has 4 heterocycles. The van der Waals surface area contributed by atoms with Crippen LogP contribution in [-0.4, -0.2) is 54.7 Å². The van der Waals surface area contributed by atoms with Gasteiger partial charge in [-0.05, 0) is 38.8 Å².